The number of rotatable bonds is 5. The van der Waals surface area contributed by atoms with E-state index in [2.05, 4.69) is 23.7 Å². The first-order chi connectivity index (χ1) is 8.29. The molecule has 4 heteroatoms. The van der Waals surface area contributed by atoms with Gasteiger partial charge in [0.15, 0.2) is 0 Å². The Kier molecular flexibility index (Phi) is 4.48. The van der Waals surface area contributed by atoms with Crippen LogP contribution in [0.15, 0.2) is 46.7 Å². The van der Waals surface area contributed by atoms with E-state index in [1.54, 1.807) is 23.1 Å². The average molecular weight is 265 g/mol. The maximum absolute atomic E-state index is 9.92. The first kappa shape index (κ1) is 12.5. The van der Waals surface area contributed by atoms with Crippen LogP contribution in [0.2, 0.25) is 0 Å². The summed E-state index contributed by atoms with van der Waals surface area (Å²) in [7, 11) is 0. The van der Waals surface area contributed by atoms with Gasteiger partial charge in [-0.15, -0.1) is 23.1 Å². The first-order valence-corrected chi connectivity index (χ1v) is 7.49. The third-order valence-electron chi connectivity index (χ3n) is 2.46. The van der Waals surface area contributed by atoms with Gasteiger partial charge in [-0.25, -0.2) is 0 Å². The Balaban J connectivity index is 1.89. The molecule has 1 unspecified atom stereocenters. The molecule has 0 spiro atoms. The van der Waals surface area contributed by atoms with Crippen molar-refractivity contribution in [2.75, 3.05) is 18.1 Å². The molecule has 2 aromatic rings. The van der Waals surface area contributed by atoms with Crippen molar-refractivity contribution in [2.24, 2.45) is 0 Å². The fourth-order valence-corrected chi connectivity index (χ4v) is 2.62. The molecule has 0 saturated carbocycles. The minimum Gasteiger partial charge on any atom is -0.386 e. The Morgan fingerprint density at radius 1 is 1.29 bits per heavy atom. The lowest BCUT2D eigenvalue weighted by Gasteiger charge is -2.11. The average Bonchev–Trinajstić information content (AvgIpc) is 2.90. The number of thiophene rings is 1. The fourth-order valence-electron chi connectivity index (χ4n) is 1.50. The highest BCUT2D eigenvalue weighted by Gasteiger charge is 2.07. The molecule has 1 heterocycles. The van der Waals surface area contributed by atoms with Gasteiger partial charge in [-0.2, -0.15) is 0 Å². The van der Waals surface area contributed by atoms with E-state index in [4.69, 9.17) is 0 Å². The van der Waals surface area contributed by atoms with E-state index < -0.39 is 6.10 Å². The van der Waals surface area contributed by atoms with Crippen LogP contribution in [-0.4, -0.2) is 17.9 Å². The van der Waals surface area contributed by atoms with E-state index in [0.717, 1.165) is 10.6 Å². The van der Waals surface area contributed by atoms with Gasteiger partial charge in [-0.05, 0) is 42.0 Å². The zero-order valence-corrected chi connectivity index (χ0v) is 11.2. The number of nitrogens with one attached hydrogen (secondary N) is 1. The van der Waals surface area contributed by atoms with Crippen LogP contribution in [0.1, 0.15) is 11.0 Å². The highest BCUT2D eigenvalue weighted by Crippen LogP contribution is 2.21. The van der Waals surface area contributed by atoms with Crippen LogP contribution < -0.4 is 5.32 Å². The van der Waals surface area contributed by atoms with Gasteiger partial charge in [0.2, 0.25) is 0 Å². The van der Waals surface area contributed by atoms with Crippen molar-refractivity contribution in [1.82, 2.24) is 0 Å². The predicted molar refractivity (Wildman–Crippen MR) is 76.0 cm³/mol. The number of aliphatic hydroxyl groups is 1. The van der Waals surface area contributed by atoms with Gasteiger partial charge in [0.05, 0.1) is 0 Å². The van der Waals surface area contributed by atoms with Gasteiger partial charge >= 0.3 is 0 Å². The monoisotopic (exact) mass is 265 g/mol. The minimum absolute atomic E-state index is 0.435. The Morgan fingerprint density at radius 3 is 2.65 bits per heavy atom. The highest BCUT2D eigenvalue weighted by atomic mass is 32.2. The maximum atomic E-state index is 9.92. The lowest BCUT2D eigenvalue weighted by Crippen LogP contribution is -2.10. The molecule has 1 aromatic heterocycles. The molecule has 0 saturated heterocycles. The van der Waals surface area contributed by atoms with Crippen molar-refractivity contribution in [2.45, 2.75) is 11.0 Å². The minimum atomic E-state index is -0.435. The van der Waals surface area contributed by atoms with E-state index in [-0.39, 0.29) is 0 Å². The molecule has 0 radical (unpaired) electrons. The smallest absolute Gasteiger partial charge is 0.105 e. The number of anilines is 1. The third-order valence-corrected chi connectivity index (χ3v) is 4.18. The number of hydrogen-bond donors (Lipinski definition) is 2. The molecule has 0 aliphatic carbocycles. The van der Waals surface area contributed by atoms with E-state index in [1.165, 1.54) is 4.90 Å². The largest absolute Gasteiger partial charge is 0.386 e. The molecular weight excluding hydrogens is 250 g/mol. The lowest BCUT2D eigenvalue weighted by atomic mass is 10.2. The molecule has 2 N–H and O–H groups in total. The molecule has 0 amide bonds. The summed E-state index contributed by atoms with van der Waals surface area (Å²) in [5, 5.41) is 15.1. The summed E-state index contributed by atoms with van der Waals surface area (Å²) in [6.45, 7) is 0.541. The third kappa shape index (κ3) is 3.49. The van der Waals surface area contributed by atoms with Crippen molar-refractivity contribution in [3.05, 3.63) is 46.7 Å². The summed E-state index contributed by atoms with van der Waals surface area (Å²) in [6.07, 6.45) is 1.62. The molecule has 2 nitrogen and oxygen atoms in total. The number of thioether (sulfide) groups is 1. The van der Waals surface area contributed by atoms with Crippen LogP contribution in [0.4, 0.5) is 5.69 Å². The van der Waals surface area contributed by atoms with Gasteiger partial charge < -0.3 is 10.4 Å². The summed E-state index contributed by atoms with van der Waals surface area (Å²) in [5.74, 6) is 0. The van der Waals surface area contributed by atoms with Crippen LogP contribution in [0, 0.1) is 0 Å². The van der Waals surface area contributed by atoms with Crippen LogP contribution in [0.5, 0.6) is 0 Å². The van der Waals surface area contributed by atoms with E-state index >= 15 is 0 Å². The summed E-state index contributed by atoms with van der Waals surface area (Å²) in [6, 6.07) is 12.1. The Morgan fingerprint density at radius 2 is 2.06 bits per heavy atom. The Hall–Kier alpha value is -0.970. The predicted octanol–water partition coefficient (Wildman–Crippen LogP) is 3.62. The molecule has 2 rings (SSSR count). The van der Waals surface area contributed by atoms with Crippen LogP contribution in [-0.2, 0) is 0 Å². The Bertz CT molecular complexity index is 439. The molecule has 0 fully saturated rings. The second-order valence-corrected chi connectivity index (χ2v) is 5.50. The molecule has 0 aliphatic heterocycles. The zero-order valence-electron chi connectivity index (χ0n) is 9.59. The van der Waals surface area contributed by atoms with Gasteiger partial charge in [0, 0.05) is 22.0 Å². The van der Waals surface area contributed by atoms with Gasteiger partial charge in [-0.3, -0.25) is 0 Å². The van der Waals surface area contributed by atoms with Gasteiger partial charge in [0.25, 0.3) is 0 Å². The zero-order chi connectivity index (χ0) is 12.1. The number of benzene rings is 1. The van der Waals surface area contributed by atoms with Gasteiger partial charge in [-0.1, -0.05) is 6.07 Å². The van der Waals surface area contributed by atoms with Crippen LogP contribution in [0.25, 0.3) is 0 Å². The molecule has 90 valence electrons. The van der Waals surface area contributed by atoms with E-state index in [1.807, 2.05) is 29.6 Å². The SMILES string of the molecule is CSc1ccc(NCC(O)c2cccs2)cc1. The first-order valence-electron chi connectivity index (χ1n) is 5.39. The van der Waals surface area contributed by atoms with Gasteiger partial charge in [0.1, 0.15) is 6.10 Å². The summed E-state index contributed by atoms with van der Waals surface area (Å²) in [5.41, 5.74) is 1.04. The molecule has 0 aliphatic rings. The molecule has 1 aromatic carbocycles. The summed E-state index contributed by atoms with van der Waals surface area (Å²) in [4.78, 5) is 2.24. The van der Waals surface area contributed by atoms with E-state index in [9.17, 15) is 5.11 Å². The van der Waals surface area contributed by atoms with Crippen molar-refractivity contribution in [1.29, 1.82) is 0 Å². The second kappa shape index (κ2) is 6.10. The molecule has 0 bridgehead atoms. The standard InChI is InChI=1S/C13H15NOS2/c1-16-11-6-4-10(5-7-11)14-9-12(15)13-3-2-8-17-13/h2-8,12,14-15H,9H2,1H3. The van der Waals surface area contributed by atoms with Crippen LogP contribution >= 0.6 is 23.1 Å². The molecule has 1 atom stereocenters. The summed E-state index contributed by atoms with van der Waals surface area (Å²) < 4.78 is 0. The topological polar surface area (TPSA) is 32.3 Å². The van der Waals surface area contributed by atoms with Crippen molar-refractivity contribution < 1.29 is 5.11 Å². The Labute approximate surface area is 110 Å². The highest BCUT2D eigenvalue weighted by molar-refractivity contribution is 7.98. The quantitative estimate of drug-likeness (QED) is 0.810. The number of aliphatic hydroxyl groups excluding tert-OH is 1. The normalized spacial score (nSPS) is 12.4. The molecule has 17 heavy (non-hydrogen) atoms. The fraction of sp³-hybridized carbons (Fsp3) is 0.231. The summed E-state index contributed by atoms with van der Waals surface area (Å²) >= 11 is 3.30. The molecular formula is C13H15NOS2. The second-order valence-electron chi connectivity index (χ2n) is 3.64. The maximum Gasteiger partial charge on any atom is 0.105 e. The van der Waals surface area contributed by atoms with Crippen molar-refractivity contribution in [3.63, 3.8) is 0 Å². The lowest BCUT2D eigenvalue weighted by molar-refractivity contribution is 0.195. The van der Waals surface area contributed by atoms with Crippen molar-refractivity contribution >= 4 is 28.8 Å². The number of hydrogen-bond acceptors (Lipinski definition) is 4. The van der Waals surface area contributed by atoms with Crippen LogP contribution in [0.3, 0.4) is 0 Å². The van der Waals surface area contributed by atoms with Crippen molar-refractivity contribution in [3.8, 4) is 0 Å². The van der Waals surface area contributed by atoms with E-state index in [0.29, 0.717) is 6.54 Å².